The van der Waals surface area contributed by atoms with Crippen molar-refractivity contribution in [3.05, 3.63) is 11.1 Å². The molecule has 2 N–H and O–H groups in total. The van der Waals surface area contributed by atoms with Gasteiger partial charge in [0.25, 0.3) is 0 Å². The van der Waals surface area contributed by atoms with E-state index in [1.807, 2.05) is 20.8 Å². The summed E-state index contributed by atoms with van der Waals surface area (Å²) in [6.07, 6.45) is -0.630. The fourth-order valence-electron chi connectivity index (χ4n) is 5.40. The summed E-state index contributed by atoms with van der Waals surface area (Å²) in [5.74, 6) is -3.42. The van der Waals surface area contributed by atoms with Crippen LogP contribution < -0.4 is 0 Å². The lowest BCUT2D eigenvalue weighted by Crippen LogP contribution is -2.66. The van der Waals surface area contributed by atoms with Crippen LogP contribution in [0.3, 0.4) is 0 Å². The summed E-state index contributed by atoms with van der Waals surface area (Å²) in [6, 6.07) is 0. The summed E-state index contributed by atoms with van der Waals surface area (Å²) in [5.41, 5.74) is -1.02. The van der Waals surface area contributed by atoms with Gasteiger partial charge in [-0.2, -0.15) is 0 Å². The van der Waals surface area contributed by atoms with Gasteiger partial charge in [-0.15, -0.1) is 0 Å². The van der Waals surface area contributed by atoms with Gasteiger partial charge in [-0.25, -0.2) is 4.79 Å². The van der Waals surface area contributed by atoms with E-state index in [4.69, 9.17) is 14.2 Å². The number of rotatable bonds is 3. The highest BCUT2D eigenvalue weighted by atomic mass is 16.7. The maximum atomic E-state index is 12.7. The standard InChI is InChI=1S/C20H28O7/c1-6-9(2)16(22)25-15-14-10(3)17(23)27-20(14,24)8-19-13(26-19)7-12(21)11(4)18(15,19)5/h9,11-13,15,21,24H,6-8H2,1-5H3/t9-,11+,12+,13-,15-,18+,19-,20-/m1/s1. The average molecular weight is 380 g/mol. The molecule has 150 valence electrons. The third-order valence-corrected chi connectivity index (χ3v) is 7.66. The average Bonchev–Trinajstić information content (AvgIpc) is 3.23. The first-order valence-electron chi connectivity index (χ1n) is 9.75. The topological polar surface area (TPSA) is 106 Å². The SMILES string of the molecule is CC[C@@H](C)C(=O)O[C@@H]1C2=C(C)C(=O)O[C@]2(O)C[C@@]23O[C@@H]2C[C@H](O)[C@H](C)[C@@]13C. The summed E-state index contributed by atoms with van der Waals surface area (Å²) in [7, 11) is 0. The van der Waals surface area contributed by atoms with E-state index in [0.29, 0.717) is 18.4 Å². The zero-order valence-electron chi connectivity index (χ0n) is 16.4. The molecule has 3 fully saturated rings. The Morgan fingerprint density at radius 2 is 2.11 bits per heavy atom. The van der Waals surface area contributed by atoms with E-state index in [1.54, 1.807) is 13.8 Å². The first-order chi connectivity index (χ1) is 12.5. The molecule has 0 aromatic rings. The van der Waals surface area contributed by atoms with E-state index in [9.17, 15) is 19.8 Å². The molecule has 2 aliphatic carbocycles. The van der Waals surface area contributed by atoms with Crippen molar-refractivity contribution in [1.29, 1.82) is 0 Å². The smallest absolute Gasteiger partial charge is 0.336 e. The minimum Gasteiger partial charge on any atom is -0.457 e. The van der Waals surface area contributed by atoms with Crippen molar-refractivity contribution in [1.82, 2.24) is 0 Å². The van der Waals surface area contributed by atoms with Crippen LogP contribution in [-0.2, 0) is 23.8 Å². The van der Waals surface area contributed by atoms with Gasteiger partial charge in [-0.3, -0.25) is 4.79 Å². The van der Waals surface area contributed by atoms with Gasteiger partial charge in [0.1, 0.15) is 11.7 Å². The second-order valence-electron chi connectivity index (χ2n) is 8.89. The number of ether oxygens (including phenoxy) is 3. The molecule has 7 nitrogen and oxygen atoms in total. The summed E-state index contributed by atoms with van der Waals surface area (Å²) < 4.78 is 17.3. The van der Waals surface area contributed by atoms with Crippen LogP contribution in [0.2, 0.25) is 0 Å². The van der Waals surface area contributed by atoms with Crippen LogP contribution >= 0.6 is 0 Å². The van der Waals surface area contributed by atoms with Gasteiger partial charge < -0.3 is 24.4 Å². The highest BCUT2D eigenvalue weighted by Gasteiger charge is 2.81. The molecule has 0 radical (unpaired) electrons. The zero-order chi connectivity index (χ0) is 19.9. The number of hydrogen-bond acceptors (Lipinski definition) is 7. The Labute approximate surface area is 158 Å². The number of fused-ring (bicyclic) bond motifs is 1. The molecular weight excluding hydrogens is 352 g/mol. The molecule has 2 saturated carbocycles. The van der Waals surface area contributed by atoms with Crippen molar-refractivity contribution < 1.29 is 34.0 Å². The van der Waals surface area contributed by atoms with Crippen molar-refractivity contribution >= 4 is 11.9 Å². The summed E-state index contributed by atoms with van der Waals surface area (Å²) >= 11 is 0. The number of aliphatic hydroxyl groups is 2. The Kier molecular flexibility index (Phi) is 3.89. The second kappa shape index (κ2) is 5.55. The molecule has 4 aliphatic rings. The number of epoxide rings is 1. The molecule has 7 heteroatoms. The van der Waals surface area contributed by atoms with Crippen molar-refractivity contribution in [3.63, 3.8) is 0 Å². The van der Waals surface area contributed by atoms with Crippen molar-refractivity contribution in [2.75, 3.05) is 0 Å². The molecule has 1 spiro atoms. The predicted octanol–water partition coefficient (Wildman–Crippen LogP) is 1.45. The van der Waals surface area contributed by atoms with Crippen LogP contribution in [0.25, 0.3) is 0 Å². The Balaban J connectivity index is 1.86. The van der Waals surface area contributed by atoms with Crippen LogP contribution in [0.5, 0.6) is 0 Å². The quantitative estimate of drug-likeness (QED) is 0.564. The van der Waals surface area contributed by atoms with Gasteiger partial charge in [0.2, 0.25) is 5.79 Å². The van der Waals surface area contributed by atoms with Crippen molar-refractivity contribution in [3.8, 4) is 0 Å². The Hall–Kier alpha value is -1.44. The molecule has 27 heavy (non-hydrogen) atoms. The van der Waals surface area contributed by atoms with Gasteiger partial charge in [0.05, 0.1) is 23.7 Å². The third-order valence-electron chi connectivity index (χ3n) is 7.66. The molecular formula is C20H28O7. The van der Waals surface area contributed by atoms with E-state index in [-0.39, 0.29) is 29.9 Å². The number of aliphatic hydroxyl groups excluding tert-OH is 1. The maximum absolute atomic E-state index is 12.7. The van der Waals surface area contributed by atoms with E-state index in [0.717, 1.165) is 0 Å². The Morgan fingerprint density at radius 1 is 1.44 bits per heavy atom. The molecule has 0 bridgehead atoms. The van der Waals surface area contributed by atoms with Crippen molar-refractivity contribution in [2.45, 2.75) is 83.6 Å². The summed E-state index contributed by atoms with van der Waals surface area (Å²) in [5, 5.41) is 21.8. The minimum absolute atomic E-state index is 0.0913. The lowest BCUT2D eigenvalue weighted by atomic mass is 9.51. The molecule has 0 amide bonds. The van der Waals surface area contributed by atoms with E-state index in [1.165, 1.54) is 0 Å². The second-order valence-corrected chi connectivity index (χ2v) is 8.89. The Bertz CT molecular complexity index is 745. The zero-order valence-corrected chi connectivity index (χ0v) is 16.4. The lowest BCUT2D eigenvalue weighted by molar-refractivity contribution is -0.232. The fourth-order valence-corrected chi connectivity index (χ4v) is 5.40. The van der Waals surface area contributed by atoms with Crippen LogP contribution in [0, 0.1) is 17.3 Å². The van der Waals surface area contributed by atoms with E-state index >= 15 is 0 Å². The lowest BCUT2D eigenvalue weighted by Gasteiger charge is -2.55. The van der Waals surface area contributed by atoms with Crippen LogP contribution in [0.4, 0.5) is 0 Å². The minimum atomic E-state index is -1.84. The largest absolute Gasteiger partial charge is 0.457 e. The van der Waals surface area contributed by atoms with Gasteiger partial charge in [0.15, 0.2) is 0 Å². The van der Waals surface area contributed by atoms with E-state index in [2.05, 4.69) is 0 Å². The molecule has 2 aliphatic heterocycles. The molecule has 2 heterocycles. The monoisotopic (exact) mass is 380 g/mol. The number of carbonyl (C=O) groups is 2. The number of hydrogen-bond donors (Lipinski definition) is 2. The molecule has 8 atom stereocenters. The number of carbonyl (C=O) groups excluding carboxylic acids is 2. The third kappa shape index (κ3) is 2.19. The van der Waals surface area contributed by atoms with Crippen LogP contribution in [-0.4, -0.2) is 51.9 Å². The molecule has 0 aromatic heterocycles. The van der Waals surface area contributed by atoms with Crippen LogP contribution in [0.1, 0.15) is 53.9 Å². The van der Waals surface area contributed by atoms with Gasteiger partial charge in [0, 0.05) is 23.8 Å². The molecule has 4 rings (SSSR count). The fraction of sp³-hybridized carbons (Fsp3) is 0.800. The Morgan fingerprint density at radius 3 is 2.74 bits per heavy atom. The molecule has 0 aromatic carbocycles. The molecule has 0 unspecified atom stereocenters. The van der Waals surface area contributed by atoms with Gasteiger partial charge in [-0.05, 0) is 19.3 Å². The summed E-state index contributed by atoms with van der Waals surface area (Å²) in [4.78, 5) is 25.0. The normalized spacial score (nSPS) is 48.9. The predicted molar refractivity (Wildman–Crippen MR) is 93.2 cm³/mol. The summed E-state index contributed by atoms with van der Waals surface area (Å²) in [6.45, 7) is 9.09. The van der Waals surface area contributed by atoms with E-state index < -0.39 is 40.9 Å². The highest BCUT2D eigenvalue weighted by molar-refractivity contribution is 5.93. The maximum Gasteiger partial charge on any atom is 0.336 e. The molecule has 1 saturated heterocycles. The number of esters is 2. The first kappa shape index (κ1) is 18.9. The van der Waals surface area contributed by atoms with Gasteiger partial charge >= 0.3 is 11.9 Å². The van der Waals surface area contributed by atoms with Crippen molar-refractivity contribution in [2.24, 2.45) is 17.3 Å². The first-order valence-corrected chi connectivity index (χ1v) is 9.75. The van der Waals surface area contributed by atoms with Crippen LogP contribution in [0.15, 0.2) is 11.1 Å². The highest BCUT2D eigenvalue weighted by Crippen LogP contribution is 2.70. The van der Waals surface area contributed by atoms with Gasteiger partial charge in [-0.1, -0.05) is 27.7 Å².